The van der Waals surface area contributed by atoms with Gasteiger partial charge in [-0.1, -0.05) is 12.1 Å². The first-order valence-electron chi connectivity index (χ1n) is 6.58. The van der Waals surface area contributed by atoms with Crippen LogP contribution in [0, 0.1) is 5.82 Å². The number of hydrogen-bond acceptors (Lipinski definition) is 3. The van der Waals surface area contributed by atoms with E-state index in [9.17, 15) is 9.18 Å². The number of ether oxygens (including phenoxy) is 1. The minimum Gasteiger partial charge on any atom is -0.494 e. The summed E-state index contributed by atoms with van der Waals surface area (Å²) >= 11 is 0. The summed E-state index contributed by atoms with van der Waals surface area (Å²) in [7, 11) is 1.38. The predicted octanol–water partition coefficient (Wildman–Crippen LogP) is 2.59. The Kier molecular flexibility index (Phi) is 4.90. The van der Waals surface area contributed by atoms with Gasteiger partial charge in [-0.15, -0.1) is 0 Å². The van der Waals surface area contributed by atoms with Crippen molar-refractivity contribution in [3.05, 3.63) is 59.4 Å². The summed E-state index contributed by atoms with van der Waals surface area (Å²) in [6, 6.07) is 11.4. The maximum atomic E-state index is 13.3. The first-order chi connectivity index (χ1) is 10.1. The molecule has 0 aliphatic carbocycles. The van der Waals surface area contributed by atoms with Crippen LogP contribution in [0.2, 0.25) is 0 Å². The number of nitrogens with one attached hydrogen (secondary N) is 1. The van der Waals surface area contributed by atoms with Crippen LogP contribution in [0.4, 0.5) is 10.1 Å². The molecule has 0 saturated carbocycles. The van der Waals surface area contributed by atoms with Gasteiger partial charge in [0.2, 0.25) is 0 Å². The normalized spacial score (nSPS) is 10.2. The molecule has 3 N–H and O–H groups in total. The van der Waals surface area contributed by atoms with Gasteiger partial charge in [-0.2, -0.15) is 0 Å². The van der Waals surface area contributed by atoms with Gasteiger partial charge in [-0.05, 0) is 42.8 Å². The molecular formula is C16H17FN2O2. The van der Waals surface area contributed by atoms with Crippen molar-refractivity contribution in [2.45, 2.75) is 6.42 Å². The van der Waals surface area contributed by atoms with Crippen LogP contribution in [0.3, 0.4) is 0 Å². The summed E-state index contributed by atoms with van der Waals surface area (Å²) in [4.78, 5) is 12.1. The fraction of sp³-hybridized carbons (Fsp3) is 0.188. The molecule has 0 heterocycles. The first-order valence-corrected chi connectivity index (χ1v) is 6.58. The van der Waals surface area contributed by atoms with Crippen molar-refractivity contribution in [2.75, 3.05) is 19.0 Å². The average Bonchev–Trinajstić information content (AvgIpc) is 2.50. The maximum absolute atomic E-state index is 13.3. The third-order valence-electron chi connectivity index (χ3n) is 3.06. The Bertz CT molecular complexity index is 627. The molecule has 0 saturated heterocycles. The molecule has 0 bridgehead atoms. The van der Waals surface area contributed by atoms with Crippen molar-refractivity contribution in [2.24, 2.45) is 5.73 Å². The van der Waals surface area contributed by atoms with E-state index >= 15 is 0 Å². The van der Waals surface area contributed by atoms with E-state index in [0.29, 0.717) is 17.8 Å². The van der Waals surface area contributed by atoms with E-state index in [1.165, 1.54) is 25.3 Å². The van der Waals surface area contributed by atoms with Gasteiger partial charge in [-0.25, -0.2) is 4.39 Å². The highest BCUT2D eigenvalue weighted by Crippen LogP contribution is 2.21. The van der Waals surface area contributed by atoms with Crippen LogP contribution in [-0.4, -0.2) is 19.6 Å². The molecule has 0 atom stereocenters. The molecule has 5 heteroatoms. The summed E-state index contributed by atoms with van der Waals surface area (Å²) in [6.45, 7) is 0.570. The number of nitrogens with two attached hydrogens (primary N) is 1. The third kappa shape index (κ3) is 3.79. The predicted molar refractivity (Wildman–Crippen MR) is 80.1 cm³/mol. The van der Waals surface area contributed by atoms with Gasteiger partial charge in [0.15, 0.2) is 11.6 Å². The van der Waals surface area contributed by atoms with Gasteiger partial charge >= 0.3 is 0 Å². The highest BCUT2D eigenvalue weighted by Gasteiger charge is 2.08. The molecule has 0 aromatic heterocycles. The second-order valence-electron chi connectivity index (χ2n) is 4.54. The SMILES string of the molecule is COc1cc(NC(=O)c2ccc(CCN)cc2)ccc1F. The van der Waals surface area contributed by atoms with Gasteiger partial charge < -0.3 is 15.8 Å². The van der Waals surface area contributed by atoms with Crippen LogP contribution >= 0.6 is 0 Å². The number of amides is 1. The Hall–Kier alpha value is -2.40. The number of halogens is 1. The van der Waals surface area contributed by atoms with Crippen molar-refractivity contribution in [3.63, 3.8) is 0 Å². The Morgan fingerprint density at radius 3 is 2.57 bits per heavy atom. The number of rotatable bonds is 5. The second kappa shape index (κ2) is 6.85. The van der Waals surface area contributed by atoms with E-state index in [0.717, 1.165) is 12.0 Å². The largest absolute Gasteiger partial charge is 0.494 e. The fourth-order valence-electron chi connectivity index (χ4n) is 1.93. The molecule has 110 valence electrons. The Labute approximate surface area is 122 Å². The van der Waals surface area contributed by atoms with Crippen molar-refractivity contribution in [1.29, 1.82) is 0 Å². The third-order valence-corrected chi connectivity index (χ3v) is 3.06. The Morgan fingerprint density at radius 2 is 1.95 bits per heavy atom. The summed E-state index contributed by atoms with van der Waals surface area (Å²) < 4.78 is 18.2. The number of anilines is 1. The molecule has 2 rings (SSSR count). The van der Waals surface area contributed by atoms with E-state index in [1.54, 1.807) is 12.1 Å². The lowest BCUT2D eigenvalue weighted by atomic mass is 10.1. The van der Waals surface area contributed by atoms with Crippen LogP contribution in [0.5, 0.6) is 5.75 Å². The monoisotopic (exact) mass is 288 g/mol. The van der Waals surface area contributed by atoms with Crippen molar-refractivity contribution < 1.29 is 13.9 Å². The smallest absolute Gasteiger partial charge is 0.255 e. The summed E-state index contributed by atoms with van der Waals surface area (Å²) in [5.41, 5.74) is 7.56. The molecule has 0 aliphatic heterocycles. The number of methoxy groups -OCH3 is 1. The summed E-state index contributed by atoms with van der Waals surface area (Å²) in [5.74, 6) is -0.643. The highest BCUT2D eigenvalue weighted by atomic mass is 19.1. The van der Waals surface area contributed by atoms with Crippen molar-refractivity contribution in [1.82, 2.24) is 0 Å². The van der Waals surface area contributed by atoms with Gasteiger partial charge in [0, 0.05) is 17.3 Å². The Morgan fingerprint density at radius 1 is 1.24 bits per heavy atom. The molecule has 1 amide bonds. The van der Waals surface area contributed by atoms with Crippen LogP contribution in [-0.2, 0) is 6.42 Å². The van der Waals surface area contributed by atoms with Crippen molar-refractivity contribution >= 4 is 11.6 Å². The molecule has 21 heavy (non-hydrogen) atoms. The summed E-state index contributed by atoms with van der Waals surface area (Å²) in [5, 5.41) is 2.70. The lowest BCUT2D eigenvalue weighted by Crippen LogP contribution is -2.12. The molecule has 0 radical (unpaired) electrons. The summed E-state index contributed by atoms with van der Waals surface area (Å²) in [6.07, 6.45) is 0.775. The van der Waals surface area contributed by atoms with Crippen LogP contribution in [0.15, 0.2) is 42.5 Å². The molecule has 0 spiro atoms. The van der Waals surface area contributed by atoms with Crippen LogP contribution in [0.1, 0.15) is 15.9 Å². The molecule has 2 aromatic rings. The lowest BCUT2D eigenvalue weighted by molar-refractivity contribution is 0.102. The molecule has 4 nitrogen and oxygen atoms in total. The zero-order valence-corrected chi connectivity index (χ0v) is 11.7. The first kappa shape index (κ1) is 15.0. The van der Waals surface area contributed by atoms with Gasteiger partial charge in [0.05, 0.1) is 7.11 Å². The molecular weight excluding hydrogens is 271 g/mol. The quantitative estimate of drug-likeness (QED) is 0.888. The molecule has 2 aromatic carbocycles. The topological polar surface area (TPSA) is 64.3 Å². The Balaban J connectivity index is 2.10. The molecule has 0 fully saturated rings. The van der Waals surface area contributed by atoms with E-state index in [4.69, 9.17) is 10.5 Å². The van der Waals surface area contributed by atoms with Crippen LogP contribution < -0.4 is 15.8 Å². The zero-order valence-electron chi connectivity index (χ0n) is 11.7. The van der Waals surface area contributed by atoms with Gasteiger partial charge in [0.25, 0.3) is 5.91 Å². The van der Waals surface area contributed by atoms with E-state index in [1.807, 2.05) is 12.1 Å². The highest BCUT2D eigenvalue weighted by molar-refractivity contribution is 6.04. The molecule has 0 aliphatic rings. The minimum absolute atomic E-state index is 0.0890. The van der Waals surface area contributed by atoms with Gasteiger partial charge in [-0.3, -0.25) is 4.79 Å². The fourth-order valence-corrected chi connectivity index (χ4v) is 1.93. The maximum Gasteiger partial charge on any atom is 0.255 e. The van der Waals surface area contributed by atoms with Crippen LogP contribution in [0.25, 0.3) is 0 Å². The zero-order chi connectivity index (χ0) is 15.2. The lowest BCUT2D eigenvalue weighted by Gasteiger charge is -2.08. The average molecular weight is 288 g/mol. The molecule has 0 unspecified atom stereocenters. The minimum atomic E-state index is -0.471. The standard InChI is InChI=1S/C16H17FN2O2/c1-21-15-10-13(6-7-14(15)17)19-16(20)12-4-2-11(3-5-12)8-9-18/h2-7,10H,8-9,18H2,1H3,(H,19,20). The van der Waals surface area contributed by atoms with Crippen molar-refractivity contribution in [3.8, 4) is 5.75 Å². The number of hydrogen-bond donors (Lipinski definition) is 2. The number of carbonyl (C=O) groups is 1. The number of benzene rings is 2. The number of carbonyl (C=O) groups excluding carboxylic acids is 1. The van der Waals surface area contributed by atoms with E-state index in [-0.39, 0.29) is 11.7 Å². The van der Waals surface area contributed by atoms with E-state index in [2.05, 4.69) is 5.32 Å². The van der Waals surface area contributed by atoms with Gasteiger partial charge in [0.1, 0.15) is 0 Å². The van der Waals surface area contributed by atoms with E-state index < -0.39 is 5.82 Å². The second-order valence-corrected chi connectivity index (χ2v) is 4.54.